The topological polar surface area (TPSA) is 93.6 Å². The van der Waals surface area contributed by atoms with Crippen molar-refractivity contribution in [1.29, 1.82) is 0 Å². The van der Waals surface area contributed by atoms with Crippen LogP contribution >= 0.6 is 0 Å². The first kappa shape index (κ1) is 12.5. The fourth-order valence-corrected chi connectivity index (χ4v) is 2.24. The molecule has 0 aliphatic carbocycles. The minimum Gasteiger partial charge on any atom is -0.399 e. The van der Waals surface area contributed by atoms with Crippen LogP contribution in [0.1, 0.15) is 25.2 Å². The Balaban J connectivity index is 2.10. The molecule has 0 amide bonds. The van der Waals surface area contributed by atoms with Crippen molar-refractivity contribution < 1.29 is 0 Å². The maximum Gasteiger partial charge on any atom is 0.179 e. The van der Waals surface area contributed by atoms with Gasteiger partial charge in [0.2, 0.25) is 0 Å². The molecule has 1 aromatic carbocycles. The van der Waals surface area contributed by atoms with Crippen LogP contribution in [0.25, 0.3) is 11.2 Å². The molecule has 2 aromatic heterocycles. The van der Waals surface area contributed by atoms with E-state index in [1.165, 1.54) is 0 Å². The fraction of sp³-hybridized carbons (Fsp3) is 0.200. The number of benzene rings is 1. The second-order valence-corrected chi connectivity index (χ2v) is 5.44. The molecule has 3 rings (SSSR count). The second kappa shape index (κ2) is 4.23. The van der Waals surface area contributed by atoms with Crippen LogP contribution in [-0.4, -0.2) is 15.0 Å². The van der Waals surface area contributed by atoms with E-state index in [4.69, 9.17) is 11.5 Å². The van der Waals surface area contributed by atoms with Gasteiger partial charge in [-0.25, -0.2) is 9.97 Å². The molecule has 5 heteroatoms. The zero-order chi connectivity index (χ0) is 14.3. The molecule has 0 bridgehead atoms. The molecule has 5 nitrogen and oxygen atoms in total. The van der Waals surface area contributed by atoms with Crippen LogP contribution in [0, 0.1) is 0 Å². The van der Waals surface area contributed by atoms with Crippen molar-refractivity contribution in [2.24, 2.45) is 0 Å². The minimum atomic E-state index is -0.261. The average molecular weight is 267 g/mol. The molecule has 0 saturated carbocycles. The Labute approximate surface area is 117 Å². The first-order valence-electron chi connectivity index (χ1n) is 6.45. The Morgan fingerprint density at radius 1 is 0.950 bits per heavy atom. The van der Waals surface area contributed by atoms with E-state index in [0.29, 0.717) is 11.5 Å². The highest BCUT2D eigenvalue weighted by atomic mass is 15.0. The third-order valence-electron chi connectivity index (χ3n) is 3.59. The van der Waals surface area contributed by atoms with E-state index < -0.39 is 0 Å². The van der Waals surface area contributed by atoms with Crippen LogP contribution in [-0.2, 0) is 5.41 Å². The van der Waals surface area contributed by atoms with Crippen molar-refractivity contribution >= 4 is 22.7 Å². The number of nitrogens with zero attached hydrogens (tertiary/aromatic N) is 2. The summed E-state index contributed by atoms with van der Waals surface area (Å²) in [5, 5.41) is 0. The lowest BCUT2D eigenvalue weighted by atomic mass is 9.84. The summed E-state index contributed by atoms with van der Waals surface area (Å²) in [4.78, 5) is 12.1. The molecule has 0 radical (unpaired) electrons. The summed E-state index contributed by atoms with van der Waals surface area (Å²) in [5.41, 5.74) is 14.6. The molecule has 0 spiro atoms. The average Bonchev–Trinajstić information content (AvgIpc) is 2.83. The van der Waals surface area contributed by atoms with Gasteiger partial charge in [-0.3, -0.25) is 0 Å². The van der Waals surface area contributed by atoms with Gasteiger partial charge in [0.15, 0.2) is 5.65 Å². The van der Waals surface area contributed by atoms with Gasteiger partial charge >= 0.3 is 0 Å². The van der Waals surface area contributed by atoms with Crippen molar-refractivity contribution in [3.63, 3.8) is 0 Å². The normalized spacial score (nSPS) is 11.9. The number of pyridine rings is 1. The highest BCUT2D eigenvalue weighted by molar-refractivity contribution is 5.73. The lowest BCUT2D eigenvalue weighted by Crippen LogP contribution is -2.20. The Morgan fingerprint density at radius 2 is 1.65 bits per heavy atom. The Morgan fingerprint density at radius 3 is 2.35 bits per heavy atom. The van der Waals surface area contributed by atoms with Crippen LogP contribution in [0.2, 0.25) is 0 Å². The van der Waals surface area contributed by atoms with Gasteiger partial charge in [0, 0.05) is 11.1 Å². The monoisotopic (exact) mass is 267 g/mol. The van der Waals surface area contributed by atoms with Crippen molar-refractivity contribution in [3.05, 3.63) is 47.8 Å². The molecular weight excluding hydrogens is 250 g/mol. The number of nitrogens with one attached hydrogen (secondary N) is 1. The van der Waals surface area contributed by atoms with E-state index >= 15 is 0 Å². The first-order chi connectivity index (χ1) is 9.46. The highest BCUT2D eigenvalue weighted by Crippen LogP contribution is 2.31. The Hall–Kier alpha value is -2.56. The predicted octanol–water partition coefficient (Wildman–Crippen LogP) is 2.45. The Kier molecular flexibility index (Phi) is 2.64. The molecule has 20 heavy (non-hydrogen) atoms. The summed E-state index contributed by atoms with van der Waals surface area (Å²) in [6, 6.07) is 11.5. The van der Waals surface area contributed by atoms with Gasteiger partial charge in [-0.2, -0.15) is 0 Å². The van der Waals surface area contributed by atoms with Crippen molar-refractivity contribution in [3.8, 4) is 0 Å². The number of H-pyrrole nitrogens is 1. The van der Waals surface area contributed by atoms with Crippen LogP contribution in [0.15, 0.2) is 36.4 Å². The summed E-state index contributed by atoms with van der Waals surface area (Å²) in [6.45, 7) is 4.22. The molecule has 0 saturated heterocycles. The van der Waals surface area contributed by atoms with Crippen molar-refractivity contribution in [2.75, 3.05) is 11.5 Å². The van der Waals surface area contributed by atoms with Gasteiger partial charge < -0.3 is 16.5 Å². The number of rotatable bonds is 2. The van der Waals surface area contributed by atoms with E-state index in [9.17, 15) is 0 Å². The number of nitrogen functional groups attached to an aromatic ring is 2. The molecule has 2 heterocycles. The molecule has 3 aromatic rings. The number of hydrogen-bond donors (Lipinski definition) is 3. The number of aromatic amines is 1. The number of aromatic nitrogens is 3. The third kappa shape index (κ3) is 1.97. The van der Waals surface area contributed by atoms with Gasteiger partial charge in [-0.05, 0) is 43.7 Å². The largest absolute Gasteiger partial charge is 0.399 e. The Bertz CT molecular complexity index is 756. The first-order valence-corrected chi connectivity index (χ1v) is 6.45. The van der Waals surface area contributed by atoms with E-state index in [-0.39, 0.29) is 5.41 Å². The minimum absolute atomic E-state index is 0.261. The SMILES string of the molecule is CC(C)(c1ccc(N)cc1)c1nc2nc(N)ccc2[nH]1. The smallest absolute Gasteiger partial charge is 0.179 e. The van der Waals surface area contributed by atoms with Crippen LogP contribution < -0.4 is 11.5 Å². The van der Waals surface area contributed by atoms with E-state index in [2.05, 4.69) is 28.8 Å². The molecule has 0 atom stereocenters. The number of hydrogen-bond acceptors (Lipinski definition) is 4. The molecule has 5 N–H and O–H groups in total. The van der Waals surface area contributed by atoms with Crippen LogP contribution in [0.4, 0.5) is 11.5 Å². The summed E-state index contributed by atoms with van der Waals surface area (Å²) < 4.78 is 0. The molecule has 102 valence electrons. The van der Waals surface area contributed by atoms with Gasteiger partial charge in [0.05, 0.1) is 5.52 Å². The zero-order valence-corrected chi connectivity index (χ0v) is 11.5. The summed E-state index contributed by atoms with van der Waals surface area (Å²) in [5.74, 6) is 1.33. The van der Waals surface area contributed by atoms with Crippen molar-refractivity contribution in [2.45, 2.75) is 19.3 Å². The second-order valence-electron chi connectivity index (χ2n) is 5.44. The number of anilines is 2. The quantitative estimate of drug-likeness (QED) is 0.622. The zero-order valence-electron chi connectivity index (χ0n) is 11.5. The number of fused-ring (bicyclic) bond motifs is 1. The predicted molar refractivity (Wildman–Crippen MR) is 81.3 cm³/mol. The summed E-state index contributed by atoms with van der Waals surface area (Å²) in [7, 11) is 0. The third-order valence-corrected chi connectivity index (χ3v) is 3.59. The van der Waals surface area contributed by atoms with E-state index in [1.807, 2.05) is 30.3 Å². The van der Waals surface area contributed by atoms with Crippen molar-refractivity contribution in [1.82, 2.24) is 15.0 Å². The molecule has 0 unspecified atom stereocenters. The standard InChI is InChI=1S/C15H17N5/c1-15(2,9-3-5-10(16)6-4-9)14-18-11-7-8-12(17)19-13(11)20-14/h3-8H,16H2,1-2H3,(H3,17,18,19,20). The maximum atomic E-state index is 5.74. The van der Waals surface area contributed by atoms with E-state index in [0.717, 1.165) is 22.6 Å². The summed E-state index contributed by atoms with van der Waals surface area (Å²) in [6.07, 6.45) is 0. The number of imidazole rings is 1. The van der Waals surface area contributed by atoms with E-state index in [1.54, 1.807) is 6.07 Å². The molecule has 0 fully saturated rings. The summed E-state index contributed by atoms with van der Waals surface area (Å²) >= 11 is 0. The van der Waals surface area contributed by atoms with Gasteiger partial charge in [0.25, 0.3) is 0 Å². The maximum absolute atomic E-state index is 5.74. The molecule has 0 aliphatic heterocycles. The van der Waals surface area contributed by atoms with Gasteiger partial charge in [-0.1, -0.05) is 12.1 Å². The van der Waals surface area contributed by atoms with Crippen LogP contribution in [0.5, 0.6) is 0 Å². The highest BCUT2D eigenvalue weighted by Gasteiger charge is 2.27. The fourth-order valence-electron chi connectivity index (χ4n) is 2.24. The number of nitrogens with two attached hydrogens (primary N) is 2. The lowest BCUT2D eigenvalue weighted by Gasteiger charge is -2.22. The molecular formula is C15H17N5. The van der Waals surface area contributed by atoms with Crippen LogP contribution in [0.3, 0.4) is 0 Å². The van der Waals surface area contributed by atoms with Gasteiger partial charge in [-0.15, -0.1) is 0 Å². The lowest BCUT2D eigenvalue weighted by molar-refractivity contribution is 0.601. The van der Waals surface area contributed by atoms with Gasteiger partial charge in [0.1, 0.15) is 11.6 Å². The molecule has 0 aliphatic rings.